The molecule has 1 aromatic heterocycles. The molecule has 2 atom stereocenters. The molecular formula is C21H28N6O6. The number of esters is 1. The van der Waals surface area contributed by atoms with Crippen molar-refractivity contribution in [2.24, 2.45) is 10.2 Å². The maximum Gasteiger partial charge on any atom is 0.408 e. The molecule has 2 rings (SSSR count). The van der Waals surface area contributed by atoms with Gasteiger partial charge >= 0.3 is 18.1 Å². The van der Waals surface area contributed by atoms with Crippen LogP contribution in [0.1, 0.15) is 34.6 Å². The van der Waals surface area contributed by atoms with Gasteiger partial charge in [0.05, 0.1) is 7.11 Å². The molecule has 0 unspecified atom stereocenters. The van der Waals surface area contributed by atoms with Crippen LogP contribution < -0.4 is 16.0 Å². The summed E-state index contributed by atoms with van der Waals surface area (Å²) >= 11 is 0. The van der Waals surface area contributed by atoms with Crippen LogP contribution in [-0.2, 0) is 19.1 Å². The number of hydrogen-bond donors (Lipinski definition) is 4. The Morgan fingerprint density at radius 1 is 1.00 bits per heavy atom. The van der Waals surface area contributed by atoms with Crippen molar-refractivity contribution >= 4 is 46.4 Å². The number of anilines is 1. The van der Waals surface area contributed by atoms with Crippen LogP contribution in [0.2, 0.25) is 0 Å². The third kappa shape index (κ3) is 7.30. The quantitative estimate of drug-likeness (QED) is 0.381. The minimum absolute atomic E-state index is 0.222. The Morgan fingerprint density at radius 3 is 2.24 bits per heavy atom. The van der Waals surface area contributed by atoms with E-state index in [-0.39, 0.29) is 5.82 Å². The van der Waals surface area contributed by atoms with Crippen molar-refractivity contribution in [2.75, 3.05) is 12.4 Å². The van der Waals surface area contributed by atoms with Gasteiger partial charge in [-0.2, -0.15) is 0 Å². The largest absolute Gasteiger partial charge is 0.467 e. The zero-order valence-corrected chi connectivity index (χ0v) is 19.3. The minimum Gasteiger partial charge on any atom is -0.467 e. The molecule has 0 radical (unpaired) electrons. The van der Waals surface area contributed by atoms with Gasteiger partial charge in [-0.25, -0.2) is 14.4 Å². The molecule has 12 nitrogen and oxygen atoms in total. The summed E-state index contributed by atoms with van der Waals surface area (Å²) in [6.07, 6.45) is -0.748. The third-order valence-electron chi connectivity index (χ3n) is 4.19. The van der Waals surface area contributed by atoms with Crippen molar-refractivity contribution in [1.29, 1.82) is 0 Å². The number of nitrogens with one attached hydrogen (secondary N) is 4. The van der Waals surface area contributed by atoms with E-state index in [1.165, 1.54) is 21.0 Å². The predicted molar refractivity (Wildman–Crippen MR) is 120 cm³/mol. The summed E-state index contributed by atoms with van der Waals surface area (Å²) in [5.74, 6) is -0.775. The fraction of sp³-hybridized carbons (Fsp3) is 0.429. The standard InChI is InChI=1S/C21H28N6O6/c1-11(23-20(31)33-21(3,4)5)17(28)27-26-16-14-10-8-7-9-13(14)15(24-16)25-19(30)22-12(2)18(29)32-6/h7-12,24H,1-6H3,(H,23,31)(H2,22,25,30)/t11-,12-/m0/s1. The molecule has 12 heteroatoms. The summed E-state index contributed by atoms with van der Waals surface area (Å²) in [6, 6.07) is 4.52. The first-order valence-corrected chi connectivity index (χ1v) is 10.1. The minimum atomic E-state index is -0.965. The molecule has 0 saturated carbocycles. The van der Waals surface area contributed by atoms with Crippen LogP contribution in [-0.4, -0.2) is 53.8 Å². The molecule has 2 aromatic rings. The van der Waals surface area contributed by atoms with Crippen LogP contribution in [0, 0.1) is 0 Å². The number of carbonyl (C=O) groups excluding carboxylic acids is 4. The Labute approximate surface area is 190 Å². The molecule has 178 valence electrons. The first kappa shape index (κ1) is 25.3. The van der Waals surface area contributed by atoms with Crippen molar-refractivity contribution in [3.8, 4) is 0 Å². The second-order valence-electron chi connectivity index (χ2n) is 8.14. The van der Waals surface area contributed by atoms with Crippen molar-refractivity contribution in [1.82, 2.24) is 15.6 Å². The Bertz CT molecular complexity index is 1070. The summed E-state index contributed by atoms with van der Waals surface area (Å²) in [7, 11) is 1.22. The summed E-state index contributed by atoms with van der Waals surface area (Å²) < 4.78 is 9.69. The molecule has 33 heavy (non-hydrogen) atoms. The van der Waals surface area contributed by atoms with E-state index in [4.69, 9.17) is 4.74 Å². The highest BCUT2D eigenvalue weighted by Gasteiger charge is 2.21. The maximum atomic E-state index is 12.3. The van der Waals surface area contributed by atoms with Gasteiger partial charge in [-0.05, 0) is 34.6 Å². The number of rotatable bonds is 6. The number of amides is 4. The molecule has 4 amide bonds. The van der Waals surface area contributed by atoms with Gasteiger partial charge in [-0.3, -0.25) is 10.1 Å². The smallest absolute Gasteiger partial charge is 0.408 e. The van der Waals surface area contributed by atoms with Gasteiger partial charge in [0.2, 0.25) is 0 Å². The Balaban J connectivity index is 2.14. The van der Waals surface area contributed by atoms with E-state index in [1.54, 1.807) is 45.0 Å². The zero-order valence-electron chi connectivity index (χ0n) is 19.3. The zero-order chi connectivity index (χ0) is 24.8. The van der Waals surface area contributed by atoms with Gasteiger partial charge in [0, 0.05) is 10.8 Å². The summed E-state index contributed by atoms with van der Waals surface area (Å²) in [4.78, 5) is 50.7. The number of H-pyrrole nitrogens is 1. The average Bonchev–Trinajstić information content (AvgIpc) is 3.07. The number of alkyl carbamates (subject to hydrolysis) is 1. The van der Waals surface area contributed by atoms with Crippen molar-refractivity contribution in [3.63, 3.8) is 0 Å². The Kier molecular flexibility index (Phi) is 8.10. The highest BCUT2D eigenvalue weighted by Crippen LogP contribution is 2.32. The van der Waals surface area contributed by atoms with Crippen LogP contribution in [0.25, 0.3) is 10.8 Å². The predicted octanol–water partition coefficient (Wildman–Crippen LogP) is 3.37. The number of nitrogens with zero attached hydrogens (tertiary/aromatic N) is 2. The van der Waals surface area contributed by atoms with Gasteiger partial charge < -0.3 is 25.1 Å². The third-order valence-corrected chi connectivity index (χ3v) is 4.19. The topological polar surface area (TPSA) is 163 Å². The van der Waals surface area contributed by atoms with Crippen LogP contribution in [0.3, 0.4) is 0 Å². The van der Waals surface area contributed by atoms with Crippen LogP contribution in [0.5, 0.6) is 0 Å². The number of ether oxygens (including phenoxy) is 2. The number of hydrogen-bond acceptors (Lipinski definition) is 7. The number of aromatic nitrogens is 1. The SMILES string of the molecule is COC(=O)[C@H](C)NC(=O)Nc1[nH]c(N=NC(=O)[C@H](C)NC(=O)OC(C)(C)C)c2ccccc12. The number of aromatic amines is 1. The second-order valence-corrected chi connectivity index (χ2v) is 8.14. The number of urea groups is 1. The fourth-order valence-corrected chi connectivity index (χ4v) is 2.65. The molecule has 0 aliphatic rings. The lowest BCUT2D eigenvalue weighted by atomic mass is 10.2. The average molecular weight is 460 g/mol. The lowest BCUT2D eigenvalue weighted by Crippen LogP contribution is -2.41. The monoisotopic (exact) mass is 460 g/mol. The van der Waals surface area contributed by atoms with Crippen molar-refractivity contribution < 1.29 is 28.7 Å². The molecule has 1 heterocycles. The lowest BCUT2D eigenvalue weighted by molar-refractivity contribution is -0.142. The molecular weight excluding hydrogens is 432 g/mol. The molecule has 0 bridgehead atoms. The van der Waals surface area contributed by atoms with Gasteiger partial charge in [0.15, 0.2) is 5.82 Å². The number of azo groups is 1. The molecule has 4 N–H and O–H groups in total. The highest BCUT2D eigenvalue weighted by atomic mass is 16.6. The molecule has 0 saturated heterocycles. The summed E-state index contributed by atoms with van der Waals surface area (Å²) in [5.41, 5.74) is -0.706. The first-order chi connectivity index (χ1) is 15.4. The van der Waals surface area contributed by atoms with E-state index in [2.05, 4.69) is 35.9 Å². The van der Waals surface area contributed by atoms with Gasteiger partial charge in [0.1, 0.15) is 23.5 Å². The fourth-order valence-electron chi connectivity index (χ4n) is 2.65. The van der Waals surface area contributed by atoms with Gasteiger partial charge in [0.25, 0.3) is 5.91 Å². The number of carbonyl (C=O) groups is 4. The van der Waals surface area contributed by atoms with Crippen LogP contribution in [0.15, 0.2) is 34.5 Å². The second kappa shape index (κ2) is 10.6. The van der Waals surface area contributed by atoms with E-state index in [0.29, 0.717) is 16.6 Å². The van der Waals surface area contributed by atoms with E-state index in [9.17, 15) is 19.2 Å². The first-order valence-electron chi connectivity index (χ1n) is 10.1. The molecule has 0 aliphatic heterocycles. The maximum absolute atomic E-state index is 12.3. The summed E-state index contributed by atoms with van der Waals surface area (Å²) in [6.45, 7) is 8.05. The molecule has 0 fully saturated rings. The van der Waals surface area contributed by atoms with Crippen LogP contribution >= 0.6 is 0 Å². The lowest BCUT2D eigenvalue weighted by Gasteiger charge is -2.20. The van der Waals surface area contributed by atoms with Gasteiger partial charge in [-0.1, -0.05) is 24.3 Å². The number of methoxy groups -OCH3 is 1. The van der Waals surface area contributed by atoms with Crippen LogP contribution in [0.4, 0.5) is 21.2 Å². The molecule has 0 aliphatic carbocycles. The molecule has 0 spiro atoms. The summed E-state index contributed by atoms with van der Waals surface area (Å²) in [5, 5.41) is 16.3. The number of benzene rings is 1. The highest BCUT2D eigenvalue weighted by molar-refractivity contribution is 6.05. The number of fused-ring (bicyclic) bond motifs is 1. The van der Waals surface area contributed by atoms with Crippen molar-refractivity contribution in [2.45, 2.75) is 52.3 Å². The van der Waals surface area contributed by atoms with Crippen molar-refractivity contribution in [3.05, 3.63) is 24.3 Å². The normalized spacial score (nSPS) is 13.3. The van der Waals surface area contributed by atoms with E-state index in [1.807, 2.05) is 0 Å². The Hall–Kier alpha value is -3.96. The molecule has 1 aromatic carbocycles. The van der Waals surface area contributed by atoms with E-state index in [0.717, 1.165) is 0 Å². The van der Waals surface area contributed by atoms with E-state index >= 15 is 0 Å². The van der Waals surface area contributed by atoms with E-state index < -0.39 is 41.7 Å². The van der Waals surface area contributed by atoms with Gasteiger partial charge in [-0.15, -0.1) is 10.2 Å². The Morgan fingerprint density at radius 2 is 1.64 bits per heavy atom.